The summed E-state index contributed by atoms with van der Waals surface area (Å²) in [4.78, 5) is 16.0. The maximum atomic E-state index is 12.4. The summed E-state index contributed by atoms with van der Waals surface area (Å²) in [5.74, 6) is 0.0659. The van der Waals surface area contributed by atoms with E-state index in [1.165, 1.54) is 6.07 Å². The van der Waals surface area contributed by atoms with Gasteiger partial charge in [0.05, 0.1) is 6.61 Å². The van der Waals surface area contributed by atoms with Crippen molar-refractivity contribution in [3.8, 4) is 0 Å². The minimum absolute atomic E-state index is 0.119. The van der Waals surface area contributed by atoms with Gasteiger partial charge in [0.15, 0.2) is 5.82 Å². The number of amides is 1. The molecule has 2 heterocycles. The molecule has 0 aliphatic rings. The standard InChI is InChI=1S/C12H15F2N5O3/c1-7(11-16-9(18-22-11)4-6-21-2)15-10(20)8-3-5-19(17-8)12(13)14/h3,5,7,12H,4,6H2,1-2H3,(H,15,20)/t7-/m1/s1. The normalized spacial score (nSPS) is 12.6. The second-order valence-corrected chi connectivity index (χ2v) is 4.45. The number of aromatic nitrogens is 4. The van der Waals surface area contributed by atoms with Gasteiger partial charge in [0.2, 0.25) is 5.89 Å². The lowest BCUT2D eigenvalue weighted by molar-refractivity contribution is 0.0559. The van der Waals surface area contributed by atoms with Gasteiger partial charge in [-0.3, -0.25) is 4.79 Å². The second-order valence-electron chi connectivity index (χ2n) is 4.45. The average Bonchev–Trinajstić information content (AvgIpc) is 3.14. The zero-order valence-corrected chi connectivity index (χ0v) is 12.0. The van der Waals surface area contributed by atoms with Crippen LogP contribution < -0.4 is 5.32 Å². The van der Waals surface area contributed by atoms with Gasteiger partial charge in [-0.1, -0.05) is 5.16 Å². The maximum absolute atomic E-state index is 12.4. The van der Waals surface area contributed by atoms with E-state index in [2.05, 4.69) is 20.6 Å². The summed E-state index contributed by atoms with van der Waals surface area (Å²) in [6, 6.07) is 0.625. The average molecular weight is 315 g/mol. The summed E-state index contributed by atoms with van der Waals surface area (Å²) < 4.78 is 35.1. The van der Waals surface area contributed by atoms with Crippen LogP contribution in [0, 0.1) is 0 Å². The summed E-state index contributed by atoms with van der Waals surface area (Å²) >= 11 is 0. The third-order valence-electron chi connectivity index (χ3n) is 2.77. The van der Waals surface area contributed by atoms with Crippen LogP contribution in [0.3, 0.4) is 0 Å². The highest BCUT2D eigenvalue weighted by atomic mass is 19.3. The Hall–Kier alpha value is -2.36. The van der Waals surface area contributed by atoms with E-state index in [0.29, 0.717) is 23.5 Å². The van der Waals surface area contributed by atoms with Crippen molar-refractivity contribution in [1.29, 1.82) is 0 Å². The van der Waals surface area contributed by atoms with Crippen LogP contribution in [0.15, 0.2) is 16.8 Å². The van der Waals surface area contributed by atoms with E-state index in [1.54, 1.807) is 14.0 Å². The number of ether oxygens (including phenoxy) is 1. The fourth-order valence-corrected chi connectivity index (χ4v) is 1.64. The van der Waals surface area contributed by atoms with Crippen molar-refractivity contribution in [1.82, 2.24) is 25.2 Å². The Labute approximate surface area is 124 Å². The minimum atomic E-state index is -2.79. The van der Waals surface area contributed by atoms with Gasteiger partial charge < -0.3 is 14.6 Å². The van der Waals surface area contributed by atoms with Gasteiger partial charge in [-0.2, -0.15) is 18.9 Å². The third-order valence-corrected chi connectivity index (χ3v) is 2.77. The third kappa shape index (κ3) is 3.85. The molecule has 0 fully saturated rings. The molecular formula is C12H15F2N5O3. The fourth-order valence-electron chi connectivity index (χ4n) is 1.64. The number of alkyl halides is 2. The molecule has 0 aliphatic carbocycles. The summed E-state index contributed by atoms with van der Waals surface area (Å²) in [5.41, 5.74) is -0.119. The van der Waals surface area contributed by atoms with Gasteiger partial charge in [-0.25, -0.2) is 4.68 Å². The molecule has 0 spiro atoms. The number of hydrogen-bond acceptors (Lipinski definition) is 6. The minimum Gasteiger partial charge on any atom is -0.384 e. The van der Waals surface area contributed by atoms with Crippen molar-refractivity contribution in [2.24, 2.45) is 0 Å². The lowest BCUT2D eigenvalue weighted by atomic mass is 10.3. The molecule has 0 unspecified atom stereocenters. The van der Waals surface area contributed by atoms with E-state index in [4.69, 9.17) is 9.26 Å². The zero-order chi connectivity index (χ0) is 16.1. The van der Waals surface area contributed by atoms with Gasteiger partial charge in [0, 0.05) is 19.7 Å². The van der Waals surface area contributed by atoms with Gasteiger partial charge in [0.1, 0.15) is 11.7 Å². The van der Waals surface area contributed by atoms with Crippen LogP contribution >= 0.6 is 0 Å². The van der Waals surface area contributed by atoms with Crippen molar-refractivity contribution in [3.05, 3.63) is 29.7 Å². The van der Waals surface area contributed by atoms with Crippen LogP contribution in [0.1, 0.15) is 41.7 Å². The first-order valence-corrected chi connectivity index (χ1v) is 6.47. The van der Waals surface area contributed by atoms with Crippen molar-refractivity contribution in [2.75, 3.05) is 13.7 Å². The molecule has 120 valence electrons. The Morgan fingerprint density at radius 3 is 2.95 bits per heavy atom. The van der Waals surface area contributed by atoms with E-state index in [0.717, 1.165) is 6.20 Å². The summed E-state index contributed by atoms with van der Waals surface area (Å²) in [7, 11) is 1.56. The molecule has 0 radical (unpaired) electrons. The Kier molecular flexibility index (Phi) is 5.15. The monoisotopic (exact) mass is 315 g/mol. The number of carbonyl (C=O) groups is 1. The van der Waals surface area contributed by atoms with Crippen molar-refractivity contribution in [2.45, 2.75) is 25.9 Å². The van der Waals surface area contributed by atoms with Crippen LogP contribution in [0.2, 0.25) is 0 Å². The number of halogens is 2. The molecule has 1 amide bonds. The number of nitrogens with one attached hydrogen (secondary N) is 1. The summed E-state index contributed by atoms with van der Waals surface area (Å²) in [5, 5.41) is 9.77. The SMILES string of the molecule is COCCc1noc([C@@H](C)NC(=O)c2ccn(C(F)F)n2)n1. The topological polar surface area (TPSA) is 95.1 Å². The summed E-state index contributed by atoms with van der Waals surface area (Å²) in [6.45, 7) is -0.710. The van der Waals surface area contributed by atoms with E-state index in [-0.39, 0.29) is 11.6 Å². The highest BCUT2D eigenvalue weighted by molar-refractivity contribution is 5.92. The van der Waals surface area contributed by atoms with Crippen molar-refractivity contribution >= 4 is 5.91 Å². The molecule has 10 heteroatoms. The first-order valence-electron chi connectivity index (χ1n) is 6.47. The molecule has 8 nitrogen and oxygen atoms in total. The fraction of sp³-hybridized carbons (Fsp3) is 0.500. The largest absolute Gasteiger partial charge is 0.384 e. The molecule has 0 saturated heterocycles. The van der Waals surface area contributed by atoms with E-state index in [1.807, 2.05) is 0 Å². The van der Waals surface area contributed by atoms with E-state index in [9.17, 15) is 13.6 Å². The number of rotatable bonds is 7. The highest BCUT2D eigenvalue weighted by Gasteiger charge is 2.19. The Bertz CT molecular complexity index is 628. The van der Waals surface area contributed by atoms with Gasteiger partial charge in [-0.05, 0) is 13.0 Å². The Balaban J connectivity index is 1.96. The quantitative estimate of drug-likeness (QED) is 0.828. The van der Waals surface area contributed by atoms with Crippen LogP contribution in [-0.4, -0.2) is 39.5 Å². The van der Waals surface area contributed by atoms with E-state index >= 15 is 0 Å². The molecule has 22 heavy (non-hydrogen) atoms. The number of hydrogen-bond donors (Lipinski definition) is 1. The molecule has 1 atom stereocenters. The number of methoxy groups -OCH3 is 1. The first-order chi connectivity index (χ1) is 10.5. The maximum Gasteiger partial charge on any atom is 0.333 e. The van der Waals surface area contributed by atoms with Gasteiger partial charge in [0.25, 0.3) is 5.91 Å². The molecule has 2 rings (SSSR count). The molecular weight excluding hydrogens is 300 g/mol. The zero-order valence-electron chi connectivity index (χ0n) is 12.0. The molecule has 0 aliphatic heterocycles. The predicted molar refractivity (Wildman–Crippen MR) is 69.2 cm³/mol. The Morgan fingerprint density at radius 1 is 1.55 bits per heavy atom. The predicted octanol–water partition coefficient (Wildman–Crippen LogP) is 1.34. The van der Waals surface area contributed by atoms with Crippen molar-refractivity contribution < 1.29 is 22.8 Å². The van der Waals surface area contributed by atoms with E-state index < -0.39 is 18.5 Å². The lowest BCUT2D eigenvalue weighted by Gasteiger charge is -2.07. The van der Waals surface area contributed by atoms with Gasteiger partial charge in [-0.15, -0.1) is 0 Å². The van der Waals surface area contributed by atoms with Crippen LogP contribution in [0.4, 0.5) is 8.78 Å². The lowest BCUT2D eigenvalue weighted by Crippen LogP contribution is -2.27. The Morgan fingerprint density at radius 2 is 2.32 bits per heavy atom. The van der Waals surface area contributed by atoms with Crippen LogP contribution in [0.5, 0.6) is 0 Å². The molecule has 0 bridgehead atoms. The first kappa shape index (κ1) is 16.0. The molecule has 1 N–H and O–H groups in total. The smallest absolute Gasteiger partial charge is 0.333 e. The highest BCUT2D eigenvalue weighted by Crippen LogP contribution is 2.12. The molecule has 0 aromatic carbocycles. The molecule has 2 aromatic heterocycles. The number of nitrogens with zero attached hydrogens (tertiary/aromatic N) is 4. The van der Waals surface area contributed by atoms with Crippen LogP contribution in [-0.2, 0) is 11.2 Å². The van der Waals surface area contributed by atoms with Crippen LogP contribution in [0.25, 0.3) is 0 Å². The molecule has 0 saturated carbocycles. The molecule has 2 aromatic rings. The summed E-state index contributed by atoms with van der Waals surface area (Å²) in [6.07, 6.45) is 1.51. The van der Waals surface area contributed by atoms with Crippen molar-refractivity contribution in [3.63, 3.8) is 0 Å². The second kappa shape index (κ2) is 7.07. The number of carbonyl (C=O) groups excluding carboxylic acids is 1. The van der Waals surface area contributed by atoms with Gasteiger partial charge >= 0.3 is 6.55 Å².